The van der Waals surface area contributed by atoms with E-state index in [1.807, 2.05) is 55.4 Å². The summed E-state index contributed by atoms with van der Waals surface area (Å²) in [6, 6.07) is -4.51. The normalized spacial score (nSPS) is 13.7. The molecule has 0 fully saturated rings. The number of amides is 6. The summed E-state index contributed by atoms with van der Waals surface area (Å²) in [6.07, 6.45) is 4.76. The number of guanidine groups is 2. The molecule has 0 aromatic heterocycles. The number of hydrogen-bond donors (Lipinski definition) is 12. The van der Waals surface area contributed by atoms with E-state index in [0.29, 0.717) is 77.0 Å². The Balaban J connectivity index is -0.00000107. The number of aliphatic imine (C=N–C) groups is 2. The molecular formula is C40H78N12O12S. The molecule has 6 atom stereocenters. The Morgan fingerprint density at radius 2 is 0.723 bits per heavy atom. The average molecular weight is 951 g/mol. The van der Waals surface area contributed by atoms with Gasteiger partial charge in [0.25, 0.3) is 0 Å². The average Bonchev–Trinajstić information content (AvgIpc) is 3.14. The van der Waals surface area contributed by atoms with Crippen LogP contribution in [0.25, 0.3) is 0 Å². The van der Waals surface area contributed by atoms with Gasteiger partial charge in [0.1, 0.15) is 36.7 Å². The lowest BCUT2D eigenvalue weighted by atomic mass is 9.99. The van der Waals surface area contributed by atoms with E-state index >= 15 is 0 Å². The zero-order valence-electron chi connectivity index (χ0n) is 39.6. The highest BCUT2D eigenvalue weighted by molar-refractivity contribution is 7.79. The van der Waals surface area contributed by atoms with Gasteiger partial charge in [-0.25, -0.2) is 0 Å². The molecule has 65 heavy (non-hydrogen) atoms. The van der Waals surface area contributed by atoms with Crippen molar-refractivity contribution in [3.8, 4) is 0 Å². The molecular weight excluding hydrogens is 873 g/mol. The zero-order chi connectivity index (χ0) is 51.0. The lowest BCUT2D eigenvalue weighted by Gasteiger charge is -2.25. The summed E-state index contributed by atoms with van der Waals surface area (Å²) >= 11 is 0. The van der Waals surface area contributed by atoms with Crippen LogP contribution in [0.15, 0.2) is 9.98 Å². The summed E-state index contributed by atoms with van der Waals surface area (Å²) in [4.78, 5) is 104. The highest BCUT2D eigenvalue weighted by Gasteiger charge is 2.30. The summed E-state index contributed by atoms with van der Waals surface area (Å²) in [5, 5.41) is 16.1. The van der Waals surface area contributed by atoms with E-state index in [-0.39, 0.29) is 47.4 Å². The van der Waals surface area contributed by atoms with Gasteiger partial charge in [0, 0.05) is 26.9 Å². The minimum Gasteiger partial charge on any atom is -0.370 e. The Morgan fingerprint density at radius 1 is 0.492 bits per heavy atom. The predicted octanol–water partition coefficient (Wildman–Crippen LogP) is -1.04. The third kappa shape index (κ3) is 39.9. The smallest absolute Gasteiger partial charge is 0.370 e. The summed E-state index contributed by atoms with van der Waals surface area (Å²) in [7, 11) is -4.67. The topological polar surface area (TPSA) is 412 Å². The molecule has 0 radical (unpaired) electrons. The van der Waals surface area contributed by atoms with Crippen LogP contribution in [0, 0.1) is 23.7 Å². The van der Waals surface area contributed by atoms with Gasteiger partial charge >= 0.3 is 10.4 Å². The van der Waals surface area contributed by atoms with Gasteiger partial charge in [-0.05, 0) is 75.0 Å². The fraction of sp³-hybridized carbons (Fsp3) is 0.750. The molecule has 0 saturated carbocycles. The lowest BCUT2D eigenvalue weighted by Crippen LogP contribution is -2.55. The molecule has 0 aliphatic heterocycles. The van der Waals surface area contributed by atoms with Crippen LogP contribution in [0.1, 0.15) is 121 Å². The van der Waals surface area contributed by atoms with E-state index in [4.69, 9.17) is 40.5 Å². The number of nitrogens with zero attached hydrogens (tertiary/aromatic N) is 2. The molecule has 376 valence electrons. The fourth-order valence-corrected chi connectivity index (χ4v) is 5.80. The van der Waals surface area contributed by atoms with Crippen LogP contribution in [0.3, 0.4) is 0 Å². The Labute approximate surface area is 383 Å². The standard InChI is InChI=1S/2C20H38N6O4.H2O4S/c2*1-12(2)9-16(24-14(5)28)19(30)26-17(10-13(3)4)18(29)25-15(11-27)7-6-8-23-20(21)22;1-5(2,3)4/h2*11-13,15-17H,6-10H2,1-5H3,(H,24,28)(H,25,29)(H,26,30)(H4,21,22,23);(H2,1,2,3,4)/t2*15-,16-,17-;/m10./s1. The van der Waals surface area contributed by atoms with E-state index in [0.717, 1.165) is 0 Å². The third-order valence-corrected chi connectivity index (χ3v) is 8.40. The molecule has 6 amide bonds. The first-order valence-corrected chi connectivity index (χ1v) is 22.8. The molecule has 24 nitrogen and oxygen atoms in total. The fourth-order valence-electron chi connectivity index (χ4n) is 5.80. The van der Waals surface area contributed by atoms with Crippen molar-refractivity contribution < 1.29 is 55.9 Å². The molecule has 0 bridgehead atoms. The lowest BCUT2D eigenvalue weighted by molar-refractivity contribution is -0.133. The van der Waals surface area contributed by atoms with Gasteiger partial charge < -0.3 is 64.4 Å². The molecule has 0 aromatic carbocycles. The van der Waals surface area contributed by atoms with Gasteiger partial charge in [0.2, 0.25) is 35.4 Å². The molecule has 0 heterocycles. The molecule has 25 heteroatoms. The maximum atomic E-state index is 12.8. The number of rotatable bonds is 28. The molecule has 0 spiro atoms. The second-order valence-corrected chi connectivity index (χ2v) is 17.9. The SMILES string of the molecule is CC(=O)N[C@@H](CC(C)C)C(=O)N[C@@H](CC(C)C)C(=O)N[C@H](C=O)CCCN=C(N)N.CC(=O)N[C@H](CC(C)C)C(=O)N[C@H](CC(C)C)C(=O)N[C@@H](C=O)CCCN=C(N)N.O=S(=O)(O)O. The first kappa shape index (κ1) is 63.9. The summed E-state index contributed by atoms with van der Waals surface area (Å²) < 4.78 is 31.6. The van der Waals surface area contributed by atoms with Crippen LogP contribution in [0.2, 0.25) is 0 Å². The van der Waals surface area contributed by atoms with Crippen molar-refractivity contribution in [2.45, 2.75) is 157 Å². The highest BCUT2D eigenvalue weighted by atomic mass is 32.3. The van der Waals surface area contributed by atoms with Crippen LogP contribution in [0.4, 0.5) is 0 Å². The van der Waals surface area contributed by atoms with Gasteiger partial charge in [-0.15, -0.1) is 0 Å². The van der Waals surface area contributed by atoms with Crippen molar-refractivity contribution in [1.82, 2.24) is 31.9 Å². The maximum Gasteiger partial charge on any atom is 0.394 e. The summed E-state index contributed by atoms with van der Waals surface area (Å²) in [6.45, 7) is 18.9. The Kier molecular flexibility index (Phi) is 34.3. The van der Waals surface area contributed by atoms with Crippen molar-refractivity contribution in [2.75, 3.05) is 13.1 Å². The molecule has 0 unspecified atom stereocenters. The van der Waals surface area contributed by atoms with Crippen molar-refractivity contribution in [3.63, 3.8) is 0 Å². The summed E-state index contributed by atoms with van der Waals surface area (Å²) in [5.41, 5.74) is 21.0. The predicted molar refractivity (Wildman–Crippen MR) is 247 cm³/mol. The van der Waals surface area contributed by atoms with Gasteiger partial charge in [-0.3, -0.25) is 47.9 Å². The van der Waals surface area contributed by atoms with Gasteiger partial charge in [-0.1, -0.05) is 55.4 Å². The third-order valence-electron chi connectivity index (χ3n) is 8.40. The van der Waals surface area contributed by atoms with Gasteiger partial charge in [0.05, 0.1) is 12.1 Å². The number of hydrogen-bond acceptors (Lipinski definition) is 12. The van der Waals surface area contributed by atoms with E-state index < -0.39 is 70.3 Å². The number of carbonyl (C=O) groups is 8. The van der Waals surface area contributed by atoms with E-state index in [2.05, 4.69) is 41.9 Å². The molecule has 0 aliphatic rings. The minimum absolute atomic E-state index is 0.0310. The number of nitrogens with two attached hydrogens (primary N) is 4. The minimum atomic E-state index is -4.67. The Bertz CT molecular complexity index is 1540. The van der Waals surface area contributed by atoms with Crippen molar-refractivity contribution in [3.05, 3.63) is 0 Å². The Morgan fingerprint density at radius 3 is 0.923 bits per heavy atom. The molecule has 16 N–H and O–H groups in total. The number of carbonyl (C=O) groups excluding carboxylic acids is 8. The second kappa shape index (κ2) is 34.9. The van der Waals surface area contributed by atoms with Crippen LogP contribution in [-0.2, 0) is 48.8 Å². The highest BCUT2D eigenvalue weighted by Crippen LogP contribution is 2.11. The van der Waals surface area contributed by atoms with Gasteiger partial charge in [-0.2, -0.15) is 8.42 Å². The van der Waals surface area contributed by atoms with Gasteiger partial charge in [0.15, 0.2) is 11.9 Å². The monoisotopic (exact) mass is 951 g/mol. The van der Waals surface area contributed by atoms with Crippen molar-refractivity contribution in [2.24, 2.45) is 56.6 Å². The van der Waals surface area contributed by atoms with Crippen LogP contribution in [0.5, 0.6) is 0 Å². The largest absolute Gasteiger partial charge is 0.394 e. The zero-order valence-corrected chi connectivity index (χ0v) is 40.4. The first-order chi connectivity index (χ1) is 29.9. The van der Waals surface area contributed by atoms with Crippen molar-refractivity contribution >= 4 is 70.3 Å². The summed E-state index contributed by atoms with van der Waals surface area (Å²) in [5.74, 6) is -1.82. The Hall–Kier alpha value is -5.43. The number of nitrogens with one attached hydrogen (secondary N) is 6. The number of aldehydes is 2. The molecule has 0 saturated heterocycles. The van der Waals surface area contributed by atoms with Crippen LogP contribution in [-0.4, -0.2) is 127 Å². The van der Waals surface area contributed by atoms with E-state index in [9.17, 15) is 38.4 Å². The van der Waals surface area contributed by atoms with Crippen LogP contribution < -0.4 is 54.8 Å². The van der Waals surface area contributed by atoms with E-state index in [1.54, 1.807) is 0 Å². The van der Waals surface area contributed by atoms with E-state index in [1.165, 1.54) is 13.8 Å². The van der Waals surface area contributed by atoms with Crippen LogP contribution >= 0.6 is 0 Å². The molecule has 0 aliphatic carbocycles. The molecule has 0 aromatic rings. The van der Waals surface area contributed by atoms with Crippen molar-refractivity contribution in [1.29, 1.82) is 0 Å². The first-order valence-electron chi connectivity index (χ1n) is 21.4. The maximum absolute atomic E-state index is 12.8. The quantitative estimate of drug-likeness (QED) is 0.0146. The second-order valence-electron chi connectivity index (χ2n) is 17.0. The molecule has 0 rings (SSSR count).